The van der Waals surface area contributed by atoms with E-state index in [4.69, 9.17) is 19.3 Å². The Morgan fingerprint density at radius 2 is 2.12 bits per heavy atom. The molecule has 90 valence electrons. The van der Waals surface area contributed by atoms with Crippen LogP contribution in [0.3, 0.4) is 0 Å². The molecule has 5 heteroatoms. The van der Waals surface area contributed by atoms with E-state index in [1.807, 2.05) is 12.1 Å². The van der Waals surface area contributed by atoms with Crippen molar-refractivity contribution in [1.29, 1.82) is 0 Å². The lowest BCUT2D eigenvalue weighted by Gasteiger charge is -2.09. The monoisotopic (exact) mass is 290 g/mol. The normalized spacial score (nSPS) is 10.4. The number of hydrogen-bond donors (Lipinski definition) is 1. The Balaban J connectivity index is 2.40. The third kappa shape index (κ3) is 4.49. The molecule has 0 amide bonds. The van der Waals surface area contributed by atoms with Crippen LogP contribution in [0.5, 0.6) is 5.75 Å². The van der Waals surface area contributed by atoms with Gasteiger partial charge in [-0.25, -0.2) is 0 Å². The lowest BCUT2D eigenvalue weighted by atomic mass is 10.2. The molecule has 0 aliphatic rings. The van der Waals surface area contributed by atoms with Gasteiger partial charge in [-0.2, -0.15) is 0 Å². The molecular formula is C11H15BrO4. The summed E-state index contributed by atoms with van der Waals surface area (Å²) in [6.07, 6.45) is 0. The molecule has 0 spiro atoms. The van der Waals surface area contributed by atoms with Crippen LogP contribution < -0.4 is 4.74 Å². The van der Waals surface area contributed by atoms with Gasteiger partial charge in [-0.05, 0) is 33.6 Å². The van der Waals surface area contributed by atoms with E-state index >= 15 is 0 Å². The Labute approximate surface area is 103 Å². The zero-order valence-electron chi connectivity index (χ0n) is 9.11. The molecule has 0 aliphatic carbocycles. The van der Waals surface area contributed by atoms with Crippen molar-refractivity contribution in [1.82, 2.24) is 0 Å². The summed E-state index contributed by atoms with van der Waals surface area (Å²) >= 11 is 3.36. The van der Waals surface area contributed by atoms with Crippen LogP contribution in [0.2, 0.25) is 0 Å². The lowest BCUT2D eigenvalue weighted by Crippen LogP contribution is -2.08. The second-order valence-corrected chi connectivity index (χ2v) is 3.94. The number of rotatable bonds is 7. The van der Waals surface area contributed by atoms with Gasteiger partial charge in [0, 0.05) is 7.11 Å². The highest BCUT2D eigenvalue weighted by Crippen LogP contribution is 2.26. The highest BCUT2D eigenvalue weighted by atomic mass is 79.9. The Morgan fingerprint density at radius 3 is 2.81 bits per heavy atom. The van der Waals surface area contributed by atoms with Gasteiger partial charge in [-0.3, -0.25) is 0 Å². The number of aliphatic hydroxyl groups is 1. The molecule has 1 aromatic rings. The SMILES string of the molecule is COCCOCOc1cc(CO)ccc1Br. The van der Waals surface area contributed by atoms with E-state index < -0.39 is 0 Å². The van der Waals surface area contributed by atoms with E-state index in [9.17, 15) is 0 Å². The van der Waals surface area contributed by atoms with Crippen molar-refractivity contribution in [2.75, 3.05) is 27.1 Å². The Kier molecular flexibility index (Phi) is 6.40. The third-order valence-corrected chi connectivity index (χ3v) is 2.56. The quantitative estimate of drug-likeness (QED) is 0.616. The standard InChI is InChI=1S/C11H15BrO4/c1-14-4-5-15-8-16-11-6-9(7-13)2-3-10(11)12/h2-3,6,13H,4-5,7-8H2,1H3. The number of aliphatic hydroxyl groups excluding tert-OH is 1. The zero-order valence-corrected chi connectivity index (χ0v) is 10.7. The average Bonchev–Trinajstić information content (AvgIpc) is 2.31. The van der Waals surface area contributed by atoms with Crippen molar-refractivity contribution in [2.24, 2.45) is 0 Å². The Morgan fingerprint density at radius 1 is 1.31 bits per heavy atom. The second-order valence-electron chi connectivity index (χ2n) is 3.09. The minimum Gasteiger partial charge on any atom is -0.466 e. The number of benzene rings is 1. The van der Waals surface area contributed by atoms with Crippen LogP contribution in [0.25, 0.3) is 0 Å². The maximum atomic E-state index is 8.98. The largest absolute Gasteiger partial charge is 0.466 e. The van der Waals surface area contributed by atoms with Gasteiger partial charge >= 0.3 is 0 Å². The van der Waals surface area contributed by atoms with Crippen LogP contribution in [0.15, 0.2) is 22.7 Å². The maximum Gasteiger partial charge on any atom is 0.189 e. The van der Waals surface area contributed by atoms with Crippen LogP contribution in [0.1, 0.15) is 5.56 Å². The van der Waals surface area contributed by atoms with Crippen LogP contribution in [0, 0.1) is 0 Å². The van der Waals surface area contributed by atoms with E-state index in [0.29, 0.717) is 19.0 Å². The van der Waals surface area contributed by atoms with Gasteiger partial charge in [0.1, 0.15) is 5.75 Å². The van der Waals surface area contributed by atoms with E-state index in [1.165, 1.54) is 0 Å². The van der Waals surface area contributed by atoms with Crippen molar-refractivity contribution in [2.45, 2.75) is 6.61 Å². The van der Waals surface area contributed by atoms with Crippen LogP contribution >= 0.6 is 15.9 Å². The van der Waals surface area contributed by atoms with Crippen molar-refractivity contribution >= 4 is 15.9 Å². The Bertz CT molecular complexity index is 317. The highest BCUT2D eigenvalue weighted by Gasteiger charge is 2.02. The zero-order chi connectivity index (χ0) is 11.8. The summed E-state index contributed by atoms with van der Waals surface area (Å²) in [7, 11) is 1.62. The maximum absolute atomic E-state index is 8.98. The van der Waals surface area contributed by atoms with Crippen molar-refractivity contribution in [3.63, 3.8) is 0 Å². The van der Waals surface area contributed by atoms with Gasteiger partial charge in [-0.15, -0.1) is 0 Å². The predicted octanol–water partition coefficient (Wildman–Crippen LogP) is 1.94. The molecule has 1 aromatic carbocycles. The van der Waals surface area contributed by atoms with Gasteiger partial charge in [0.15, 0.2) is 6.79 Å². The molecule has 0 aromatic heterocycles. The topological polar surface area (TPSA) is 47.9 Å². The van der Waals surface area contributed by atoms with Crippen molar-refractivity contribution < 1.29 is 19.3 Å². The first-order valence-corrected chi connectivity index (χ1v) is 5.66. The van der Waals surface area contributed by atoms with Gasteiger partial charge < -0.3 is 19.3 Å². The summed E-state index contributed by atoms with van der Waals surface area (Å²) in [5, 5.41) is 8.98. The molecule has 1 N–H and O–H groups in total. The fourth-order valence-corrected chi connectivity index (χ4v) is 1.42. The minimum absolute atomic E-state index is 0.00578. The molecule has 0 heterocycles. The predicted molar refractivity (Wildman–Crippen MR) is 63.4 cm³/mol. The number of methoxy groups -OCH3 is 1. The molecule has 0 bridgehead atoms. The van der Waals surface area contributed by atoms with Crippen molar-refractivity contribution in [3.05, 3.63) is 28.2 Å². The molecule has 16 heavy (non-hydrogen) atoms. The molecule has 0 radical (unpaired) electrons. The summed E-state index contributed by atoms with van der Waals surface area (Å²) in [5.41, 5.74) is 0.801. The lowest BCUT2D eigenvalue weighted by molar-refractivity contribution is -0.00886. The Hall–Kier alpha value is -0.620. The molecule has 1 rings (SSSR count). The fourth-order valence-electron chi connectivity index (χ4n) is 1.06. The highest BCUT2D eigenvalue weighted by molar-refractivity contribution is 9.10. The van der Waals surface area contributed by atoms with Gasteiger partial charge in [-0.1, -0.05) is 6.07 Å². The molecule has 0 saturated heterocycles. The number of halogens is 1. The summed E-state index contributed by atoms with van der Waals surface area (Å²) in [6.45, 7) is 1.19. The number of hydrogen-bond acceptors (Lipinski definition) is 4. The van der Waals surface area contributed by atoms with Gasteiger partial charge in [0.25, 0.3) is 0 Å². The molecule has 0 aliphatic heterocycles. The van der Waals surface area contributed by atoms with Crippen LogP contribution in [-0.4, -0.2) is 32.2 Å². The first-order valence-electron chi connectivity index (χ1n) is 4.86. The first-order chi connectivity index (χ1) is 7.77. The van der Waals surface area contributed by atoms with E-state index in [0.717, 1.165) is 10.0 Å². The molecular weight excluding hydrogens is 276 g/mol. The third-order valence-electron chi connectivity index (χ3n) is 1.91. The summed E-state index contributed by atoms with van der Waals surface area (Å²) in [4.78, 5) is 0. The summed E-state index contributed by atoms with van der Waals surface area (Å²) in [5.74, 6) is 0.656. The van der Waals surface area contributed by atoms with Gasteiger partial charge in [0.05, 0.1) is 24.3 Å². The smallest absolute Gasteiger partial charge is 0.189 e. The van der Waals surface area contributed by atoms with E-state index in [-0.39, 0.29) is 13.4 Å². The average molecular weight is 291 g/mol. The van der Waals surface area contributed by atoms with E-state index in [2.05, 4.69) is 15.9 Å². The fraction of sp³-hybridized carbons (Fsp3) is 0.455. The summed E-state index contributed by atoms with van der Waals surface area (Å²) < 4.78 is 16.2. The molecule has 0 saturated carbocycles. The molecule has 0 atom stereocenters. The van der Waals surface area contributed by atoms with Gasteiger partial charge in [0.2, 0.25) is 0 Å². The van der Waals surface area contributed by atoms with E-state index in [1.54, 1.807) is 13.2 Å². The molecule has 0 fully saturated rings. The molecule has 4 nitrogen and oxygen atoms in total. The second kappa shape index (κ2) is 7.62. The first kappa shape index (κ1) is 13.4. The van der Waals surface area contributed by atoms with Crippen LogP contribution in [-0.2, 0) is 16.1 Å². The van der Waals surface area contributed by atoms with Crippen LogP contribution in [0.4, 0.5) is 0 Å². The molecule has 0 unspecified atom stereocenters. The minimum atomic E-state index is -0.00578. The van der Waals surface area contributed by atoms with Crippen molar-refractivity contribution in [3.8, 4) is 5.75 Å². The summed E-state index contributed by atoms with van der Waals surface area (Å²) in [6, 6.07) is 5.42. The number of ether oxygens (including phenoxy) is 3.